The highest BCUT2D eigenvalue weighted by molar-refractivity contribution is 8.00. The van der Waals surface area contributed by atoms with E-state index >= 15 is 0 Å². The van der Waals surface area contributed by atoms with Gasteiger partial charge in [-0.05, 0) is 35.9 Å². The molecule has 7 heteroatoms. The van der Waals surface area contributed by atoms with Crippen molar-refractivity contribution in [2.75, 3.05) is 25.2 Å². The molecule has 0 atom stereocenters. The van der Waals surface area contributed by atoms with Crippen molar-refractivity contribution >= 4 is 40.9 Å². The Morgan fingerprint density at radius 2 is 1.77 bits per heavy atom. The van der Waals surface area contributed by atoms with E-state index in [1.165, 1.54) is 11.8 Å². The van der Waals surface area contributed by atoms with Gasteiger partial charge in [0.2, 0.25) is 5.91 Å². The van der Waals surface area contributed by atoms with Gasteiger partial charge in [-0.25, -0.2) is 0 Å². The van der Waals surface area contributed by atoms with Gasteiger partial charge in [-0.15, -0.1) is 11.8 Å². The van der Waals surface area contributed by atoms with Crippen LogP contribution < -0.4 is 10.1 Å². The Hall–Kier alpha value is -2.96. The minimum Gasteiger partial charge on any atom is -0.497 e. The van der Waals surface area contributed by atoms with Crippen LogP contribution in [0.15, 0.2) is 77.7 Å². The first-order valence-corrected chi connectivity index (χ1v) is 11.0. The second-order valence-electron chi connectivity index (χ2n) is 6.82. The summed E-state index contributed by atoms with van der Waals surface area (Å²) in [6, 6.07) is 21.9. The van der Waals surface area contributed by atoms with Crippen LogP contribution in [0, 0.1) is 0 Å². The molecule has 0 aliphatic heterocycles. The minimum atomic E-state index is -0.162. The minimum absolute atomic E-state index is 0.128. The number of hydrogen-bond acceptors (Lipinski definition) is 4. The lowest BCUT2D eigenvalue weighted by atomic mass is 10.1. The molecule has 0 spiro atoms. The molecule has 31 heavy (non-hydrogen) atoms. The zero-order valence-electron chi connectivity index (χ0n) is 17.3. The standard InChI is InChI=1S/C24H23ClN2O3S/c1-27(15-17-8-3-5-12-21(17)25)24(29)20-11-4-6-13-22(20)31-16-23(28)26-18-9-7-10-19(14-18)30-2/h3-14H,15-16H2,1-2H3,(H,26,28). The Balaban J connectivity index is 1.64. The summed E-state index contributed by atoms with van der Waals surface area (Å²) in [5, 5.41) is 3.47. The number of hydrogen-bond donors (Lipinski definition) is 1. The smallest absolute Gasteiger partial charge is 0.255 e. The Labute approximate surface area is 191 Å². The molecule has 0 unspecified atom stereocenters. The van der Waals surface area contributed by atoms with Gasteiger partial charge in [0.05, 0.1) is 18.4 Å². The summed E-state index contributed by atoms with van der Waals surface area (Å²) in [7, 11) is 3.32. The molecule has 0 aliphatic carbocycles. The predicted octanol–water partition coefficient (Wildman–Crippen LogP) is 5.35. The molecule has 1 N–H and O–H groups in total. The van der Waals surface area contributed by atoms with Gasteiger partial charge in [0.1, 0.15) is 5.75 Å². The van der Waals surface area contributed by atoms with Gasteiger partial charge in [-0.2, -0.15) is 0 Å². The van der Waals surface area contributed by atoms with E-state index in [1.54, 1.807) is 43.3 Å². The molecule has 0 saturated heterocycles. The van der Waals surface area contributed by atoms with Crippen LogP contribution in [0.3, 0.4) is 0 Å². The Morgan fingerprint density at radius 3 is 2.55 bits per heavy atom. The van der Waals surface area contributed by atoms with Gasteiger partial charge < -0.3 is 15.0 Å². The zero-order chi connectivity index (χ0) is 22.2. The second-order valence-corrected chi connectivity index (χ2v) is 8.24. The van der Waals surface area contributed by atoms with Gasteiger partial charge in [0, 0.05) is 35.3 Å². The molecule has 5 nitrogen and oxygen atoms in total. The van der Waals surface area contributed by atoms with Crippen LogP contribution >= 0.6 is 23.4 Å². The number of thioether (sulfide) groups is 1. The number of anilines is 1. The Morgan fingerprint density at radius 1 is 1.03 bits per heavy atom. The fraction of sp³-hybridized carbons (Fsp3) is 0.167. The summed E-state index contributed by atoms with van der Waals surface area (Å²) in [6.07, 6.45) is 0. The summed E-state index contributed by atoms with van der Waals surface area (Å²) in [5.41, 5.74) is 2.09. The monoisotopic (exact) mass is 454 g/mol. The summed E-state index contributed by atoms with van der Waals surface area (Å²) in [5.74, 6) is 0.555. The molecule has 0 aliphatic rings. The number of methoxy groups -OCH3 is 1. The molecule has 0 heterocycles. The summed E-state index contributed by atoms with van der Waals surface area (Å²) in [6.45, 7) is 0.397. The SMILES string of the molecule is COc1cccc(NC(=O)CSc2ccccc2C(=O)N(C)Cc2ccccc2Cl)c1. The van der Waals surface area contributed by atoms with Gasteiger partial charge in [-0.1, -0.05) is 48.0 Å². The molecular weight excluding hydrogens is 432 g/mol. The Bertz CT molecular complexity index is 1070. The van der Waals surface area contributed by atoms with Crippen LogP contribution in [-0.2, 0) is 11.3 Å². The Kier molecular flexibility index (Phi) is 7.98. The van der Waals surface area contributed by atoms with Crippen molar-refractivity contribution in [3.8, 4) is 5.75 Å². The number of halogens is 1. The van der Waals surface area contributed by atoms with Crippen LogP contribution in [0.2, 0.25) is 5.02 Å². The van der Waals surface area contributed by atoms with E-state index in [-0.39, 0.29) is 17.6 Å². The number of benzene rings is 3. The second kappa shape index (κ2) is 10.9. The summed E-state index contributed by atoms with van der Waals surface area (Å²) < 4.78 is 5.17. The van der Waals surface area contributed by atoms with E-state index in [0.717, 1.165) is 10.5 Å². The number of rotatable bonds is 8. The van der Waals surface area contributed by atoms with Crippen LogP contribution in [-0.4, -0.2) is 36.6 Å². The number of ether oxygens (including phenoxy) is 1. The van der Waals surface area contributed by atoms with E-state index in [9.17, 15) is 9.59 Å². The average Bonchev–Trinajstić information content (AvgIpc) is 2.79. The number of nitrogens with one attached hydrogen (secondary N) is 1. The van der Waals surface area contributed by atoms with Crippen molar-refractivity contribution in [2.45, 2.75) is 11.4 Å². The molecular formula is C24H23ClN2O3S. The van der Waals surface area contributed by atoms with Crippen LogP contribution in [0.5, 0.6) is 5.75 Å². The number of carbonyl (C=O) groups is 2. The predicted molar refractivity (Wildman–Crippen MR) is 126 cm³/mol. The zero-order valence-corrected chi connectivity index (χ0v) is 18.9. The lowest BCUT2D eigenvalue weighted by Gasteiger charge is -2.19. The number of amides is 2. The van der Waals surface area contributed by atoms with Crippen LogP contribution in [0.25, 0.3) is 0 Å². The first-order chi connectivity index (χ1) is 15.0. The van der Waals surface area contributed by atoms with E-state index in [0.29, 0.717) is 28.6 Å². The highest BCUT2D eigenvalue weighted by Gasteiger charge is 2.17. The van der Waals surface area contributed by atoms with Crippen molar-refractivity contribution in [3.63, 3.8) is 0 Å². The number of carbonyl (C=O) groups excluding carboxylic acids is 2. The largest absolute Gasteiger partial charge is 0.497 e. The molecule has 0 saturated carbocycles. The average molecular weight is 455 g/mol. The van der Waals surface area contributed by atoms with Gasteiger partial charge in [-0.3, -0.25) is 9.59 Å². The lowest BCUT2D eigenvalue weighted by molar-refractivity contribution is -0.113. The molecule has 0 bridgehead atoms. The third-order valence-corrected chi connectivity index (χ3v) is 5.98. The first kappa shape index (κ1) is 22.7. The first-order valence-electron chi connectivity index (χ1n) is 9.62. The highest BCUT2D eigenvalue weighted by atomic mass is 35.5. The normalized spacial score (nSPS) is 10.4. The molecule has 0 aromatic heterocycles. The fourth-order valence-electron chi connectivity index (χ4n) is 2.97. The van der Waals surface area contributed by atoms with Crippen molar-refractivity contribution in [2.24, 2.45) is 0 Å². The molecule has 2 amide bonds. The molecule has 160 valence electrons. The summed E-state index contributed by atoms with van der Waals surface area (Å²) in [4.78, 5) is 27.8. The van der Waals surface area contributed by atoms with Gasteiger partial charge in [0.25, 0.3) is 5.91 Å². The van der Waals surface area contributed by atoms with Crippen LogP contribution in [0.1, 0.15) is 15.9 Å². The lowest BCUT2D eigenvalue weighted by Crippen LogP contribution is -2.27. The third kappa shape index (κ3) is 6.26. The van der Waals surface area contributed by atoms with Crippen molar-refractivity contribution in [1.29, 1.82) is 0 Å². The maximum Gasteiger partial charge on any atom is 0.255 e. The third-order valence-electron chi connectivity index (χ3n) is 4.54. The van der Waals surface area contributed by atoms with E-state index < -0.39 is 0 Å². The van der Waals surface area contributed by atoms with E-state index in [1.807, 2.05) is 48.5 Å². The molecule has 3 aromatic carbocycles. The van der Waals surface area contributed by atoms with Gasteiger partial charge in [0.15, 0.2) is 0 Å². The number of nitrogens with zero attached hydrogens (tertiary/aromatic N) is 1. The topological polar surface area (TPSA) is 58.6 Å². The highest BCUT2D eigenvalue weighted by Crippen LogP contribution is 2.25. The van der Waals surface area contributed by atoms with E-state index in [4.69, 9.17) is 16.3 Å². The quantitative estimate of drug-likeness (QED) is 0.466. The maximum absolute atomic E-state index is 13.0. The molecule has 0 radical (unpaired) electrons. The molecule has 3 rings (SSSR count). The summed E-state index contributed by atoms with van der Waals surface area (Å²) >= 11 is 7.55. The van der Waals surface area contributed by atoms with Crippen molar-refractivity contribution < 1.29 is 14.3 Å². The molecule has 0 fully saturated rings. The van der Waals surface area contributed by atoms with Crippen LogP contribution in [0.4, 0.5) is 5.69 Å². The fourth-order valence-corrected chi connectivity index (χ4v) is 4.01. The van der Waals surface area contributed by atoms with E-state index in [2.05, 4.69) is 5.32 Å². The van der Waals surface area contributed by atoms with Crippen molar-refractivity contribution in [1.82, 2.24) is 4.90 Å². The maximum atomic E-state index is 13.0. The molecule has 3 aromatic rings. The van der Waals surface area contributed by atoms with Crippen molar-refractivity contribution in [3.05, 3.63) is 88.9 Å². The van der Waals surface area contributed by atoms with Gasteiger partial charge >= 0.3 is 0 Å².